The fraction of sp³-hybridized carbons (Fsp3) is 0.571. The van der Waals surface area contributed by atoms with Crippen LogP contribution in [-0.4, -0.2) is 62.5 Å². The van der Waals surface area contributed by atoms with Crippen LogP contribution in [0.2, 0.25) is 0 Å². The van der Waals surface area contributed by atoms with E-state index in [1.807, 2.05) is 11.8 Å². The first kappa shape index (κ1) is 18.8. The predicted octanol–water partition coefficient (Wildman–Crippen LogP) is 0.324. The number of amides is 1. The minimum atomic E-state index is -3.55. The number of carboxylic acids is 1. The molecule has 1 saturated carbocycles. The molecular weight excluding hydrogens is 354 g/mol. The van der Waals surface area contributed by atoms with Gasteiger partial charge in [-0.3, -0.25) is 14.5 Å². The summed E-state index contributed by atoms with van der Waals surface area (Å²) in [5.74, 6) is -1.16. The van der Waals surface area contributed by atoms with Crippen LogP contribution >= 0.6 is 11.3 Å². The van der Waals surface area contributed by atoms with E-state index in [1.54, 1.807) is 0 Å². The predicted molar refractivity (Wildman–Crippen MR) is 89.7 cm³/mol. The van der Waals surface area contributed by atoms with Crippen LogP contribution in [0.1, 0.15) is 29.4 Å². The first-order valence-corrected chi connectivity index (χ1v) is 9.92. The van der Waals surface area contributed by atoms with Gasteiger partial charge in [0.1, 0.15) is 0 Å². The Labute approximate surface area is 144 Å². The van der Waals surface area contributed by atoms with Gasteiger partial charge in [-0.15, -0.1) is 11.3 Å². The Morgan fingerprint density at radius 2 is 2.08 bits per heavy atom. The third-order valence-electron chi connectivity index (χ3n) is 4.09. The van der Waals surface area contributed by atoms with Gasteiger partial charge >= 0.3 is 5.97 Å². The van der Waals surface area contributed by atoms with Crippen LogP contribution in [0.3, 0.4) is 0 Å². The number of carboxylic acid groups (broad SMARTS) is 1. The molecule has 2 rings (SSSR count). The minimum Gasteiger partial charge on any atom is -0.480 e. The second-order valence-corrected chi connectivity index (χ2v) is 8.40. The molecule has 0 radical (unpaired) electrons. The minimum absolute atomic E-state index is 0.00199. The molecule has 0 saturated heterocycles. The van der Waals surface area contributed by atoms with Gasteiger partial charge in [-0.25, -0.2) is 13.1 Å². The Kier molecular flexibility index (Phi) is 5.97. The third kappa shape index (κ3) is 4.32. The van der Waals surface area contributed by atoms with Crippen molar-refractivity contribution in [3.05, 3.63) is 16.3 Å². The third-order valence-corrected chi connectivity index (χ3v) is 6.56. The second-order valence-electron chi connectivity index (χ2n) is 5.61. The number of hydrogen-bond acceptors (Lipinski definition) is 6. The molecule has 1 aliphatic rings. The average Bonchev–Trinajstić information content (AvgIpc) is 2.98. The second kappa shape index (κ2) is 7.60. The van der Waals surface area contributed by atoms with Crippen molar-refractivity contribution in [2.24, 2.45) is 0 Å². The summed E-state index contributed by atoms with van der Waals surface area (Å²) in [7, 11) is -2.23. The molecule has 10 heteroatoms. The maximum absolute atomic E-state index is 12.2. The normalized spacial score (nSPS) is 20.6. The molecule has 1 aromatic rings. The van der Waals surface area contributed by atoms with E-state index in [9.17, 15) is 18.0 Å². The first-order valence-electron chi connectivity index (χ1n) is 7.55. The van der Waals surface area contributed by atoms with Crippen LogP contribution in [-0.2, 0) is 14.8 Å². The molecule has 0 atom stereocenters. The maximum Gasteiger partial charge on any atom is 0.317 e. The molecule has 1 heterocycles. The van der Waals surface area contributed by atoms with E-state index in [2.05, 4.69) is 10.0 Å². The zero-order valence-corrected chi connectivity index (χ0v) is 15.1. The summed E-state index contributed by atoms with van der Waals surface area (Å²) in [6.07, 6.45) is 1.39. The van der Waals surface area contributed by atoms with Gasteiger partial charge < -0.3 is 10.4 Å². The first-order chi connectivity index (χ1) is 11.3. The Hall–Kier alpha value is -1.49. The van der Waals surface area contributed by atoms with Crippen molar-refractivity contribution in [1.29, 1.82) is 0 Å². The largest absolute Gasteiger partial charge is 0.480 e. The summed E-state index contributed by atoms with van der Waals surface area (Å²) in [6.45, 7) is 2.55. The lowest BCUT2D eigenvalue weighted by molar-refractivity contribution is -0.139. The summed E-state index contributed by atoms with van der Waals surface area (Å²) >= 11 is 1.08. The van der Waals surface area contributed by atoms with Gasteiger partial charge in [0, 0.05) is 17.5 Å². The van der Waals surface area contributed by atoms with Crippen molar-refractivity contribution >= 4 is 33.2 Å². The number of carbonyl (C=O) groups excluding carboxylic acids is 1. The lowest BCUT2D eigenvalue weighted by Gasteiger charge is -2.42. The number of aliphatic carboxylic acids is 1. The molecule has 8 nitrogen and oxygen atoms in total. The smallest absolute Gasteiger partial charge is 0.317 e. The Bertz CT molecular complexity index is 710. The zero-order valence-electron chi connectivity index (χ0n) is 13.5. The molecule has 134 valence electrons. The van der Waals surface area contributed by atoms with E-state index in [-0.39, 0.29) is 29.4 Å². The van der Waals surface area contributed by atoms with Gasteiger partial charge in [0.15, 0.2) is 0 Å². The molecule has 1 aromatic heterocycles. The van der Waals surface area contributed by atoms with Gasteiger partial charge in [0.2, 0.25) is 10.0 Å². The van der Waals surface area contributed by atoms with E-state index in [1.165, 1.54) is 18.5 Å². The molecule has 0 spiro atoms. The van der Waals surface area contributed by atoms with Gasteiger partial charge in [-0.1, -0.05) is 6.92 Å². The van der Waals surface area contributed by atoms with E-state index in [4.69, 9.17) is 5.11 Å². The molecule has 0 bridgehead atoms. The summed E-state index contributed by atoms with van der Waals surface area (Å²) < 4.78 is 25.6. The molecule has 1 amide bonds. The van der Waals surface area contributed by atoms with Gasteiger partial charge in [-0.05, 0) is 32.5 Å². The fourth-order valence-electron chi connectivity index (χ4n) is 2.63. The number of thiophene rings is 1. The molecule has 0 aliphatic heterocycles. The van der Waals surface area contributed by atoms with Gasteiger partial charge in [0.05, 0.1) is 16.3 Å². The van der Waals surface area contributed by atoms with Gasteiger partial charge in [0.25, 0.3) is 5.91 Å². The highest BCUT2D eigenvalue weighted by molar-refractivity contribution is 7.89. The van der Waals surface area contributed by atoms with Gasteiger partial charge in [-0.2, -0.15) is 0 Å². The Balaban J connectivity index is 1.88. The van der Waals surface area contributed by atoms with Crippen molar-refractivity contribution in [3.8, 4) is 0 Å². The molecule has 3 N–H and O–H groups in total. The Morgan fingerprint density at radius 1 is 1.42 bits per heavy atom. The van der Waals surface area contributed by atoms with Crippen LogP contribution < -0.4 is 10.0 Å². The van der Waals surface area contributed by atoms with E-state index < -0.39 is 16.0 Å². The van der Waals surface area contributed by atoms with Crippen molar-refractivity contribution < 1.29 is 23.1 Å². The van der Waals surface area contributed by atoms with Crippen LogP contribution in [0.15, 0.2) is 16.3 Å². The number of rotatable bonds is 8. The number of nitrogens with one attached hydrogen (secondary N) is 2. The molecule has 24 heavy (non-hydrogen) atoms. The maximum atomic E-state index is 12.2. The number of likely N-dealkylation sites (N-methyl/N-ethyl adjacent to an activating group) is 1. The monoisotopic (exact) mass is 375 g/mol. The van der Waals surface area contributed by atoms with E-state index in [0.717, 1.165) is 11.3 Å². The Morgan fingerprint density at radius 3 is 2.62 bits per heavy atom. The molecule has 0 unspecified atom stereocenters. The van der Waals surface area contributed by atoms with Crippen LogP contribution in [0.25, 0.3) is 0 Å². The van der Waals surface area contributed by atoms with Crippen LogP contribution in [0, 0.1) is 0 Å². The van der Waals surface area contributed by atoms with Crippen molar-refractivity contribution in [3.63, 3.8) is 0 Å². The lowest BCUT2D eigenvalue weighted by atomic mass is 9.85. The van der Waals surface area contributed by atoms with Crippen LogP contribution in [0.5, 0.6) is 0 Å². The highest BCUT2D eigenvalue weighted by Crippen LogP contribution is 2.26. The highest BCUT2D eigenvalue weighted by atomic mass is 32.2. The quantitative estimate of drug-likeness (QED) is 0.603. The van der Waals surface area contributed by atoms with E-state index in [0.29, 0.717) is 24.3 Å². The van der Waals surface area contributed by atoms with Crippen molar-refractivity contribution in [2.45, 2.75) is 36.7 Å². The van der Waals surface area contributed by atoms with Crippen molar-refractivity contribution in [1.82, 2.24) is 14.9 Å². The number of sulfonamides is 1. The standard InChI is InChI=1S/C14H21N3O5S2/c1-3-17(7-13(18)19)10-4-9(5-10)16-14(20)12-6-11(8-23-12)24(21,22)15-2/h6,8-10,15H,3-5,7H2,1-2H3,(H,16,20)(H,18,19). The van der Waals surface area contributed by atoms with Crippen molar-refractivity contribution in [2.75, 3.05) is 20.1 Å². The summed E-state index contributed by atoms with van der Waals surface area (Å²) in [5.41, 5.74) is 0. The summed E-state index contributed by atoms with van der Waals surface area (Å²) in [4.78, 5) is 25.3. The molecule has 1 fully saturated rings. The number of hydrogen-bond donors (Lipinski definition) is 3. The van der Waals surface area contributed by atoms with Crippen LogP contribution in [0.4, 0.5) is 0 Å². The SMILES string of the molecule is CCN(CC(=O)O)C1CC(NC(=O)c2cc(S(=O)(=O)NC)cs2)C1. The highest BCUT2D eigenvalue weighted by Gasteiger charge is 2.35. The van der Waals surface area contributed by atoms with E-state index >= 15 is 0 Å². The summed E-state index contributed by atoms with van der Waals surface area (Å²) in [5, 5.41) is 13.2. The molecular formula is C14H21N3O5S2. The fourth-order valence-corrected chi connectivity index (χ4v) is 4.54. The summed E-state index contributed by atoms with van der Waals surface area (Å²) in [6, 6.07) is 1.49. The number of nitrogens with zero attached hydrogens (tertiary/aromatic N) is 1. The zero-order chi connectivity index (χ0) is 17.9. The average molecular weight is 375 g/mol. The molecule has 1 aliphatic carbocycles. The topological polar surface area (TPSA) is 116 Å². The number of carbonyl (C=O) groups is 2. The lowest BCUT2D eigenvalue weighted by Crippen LogP contribution is -2.54. The molecule has 0 aromatic carbocycles.